The Morgan fingerprint density at radius 3 is 2.59 bits per heavy atom. The molecule has 0 radical (unpaired) electrons. The highest BCUT2D eigenvalue weighted by atomic mass is 127. The van der Waals surface area contributed by atoms with Crippen LogP contribution in [0.15, 0.2) is 71.7 Å². The zero-order chi connectivity index (χ0) is 22.2. The van der Waals surface area contributed by atoms with Gasteiger partial charge in [-0.15, -0.1) is 0 Å². The molecule has 3 aromatic heterocycles. The summed E-state index contributed by atoms with van der Waals surface area (Å²) in [4.78, 5) is 32.9. The number of carbonyl (C=O) groups excluding carboxylic acids is 1. The zero-order valence-electron chi connectivity index (χ0n) is 16.8. The molecule has 0 unspecified atom stereocenters. The van der Waals surface area contributed by atoms with Gasteiger partial charge in [0, 0.05) is 9.64 Å². The normalized spacial score (nSPS) is 11.1. The van der Waals surface area contributed by atoms with Crippen LogP contribution in [0.1, 0.15) is 16.1 Å². The summed E-state index contributed by atoms with van der Waals surface area (Å²) >= 11 is 2.11. The summed E-state index contributed by atoms with van der Waals surface area (Å²) in [6.07, 6.45) is 1.48. The third kappa shape index (κ3) is 3.58. The molecule has 0 aliphatic rings. The van der Waals surface area contributed by atoms with E-state index in [0.717, 1.165) is 9.26 Å². The molecule has 158 valence electrons. The second-order valence-corrected chi connectivity index (χ2v) is 8.20. The van der Waals surface area contributed by atoms with E-state index in [1.165, 1.54) is 10.9 Å². The lowest BCUT2D eigenvalue weighted by atomic mass is 10.2. The summed E-state index contributed by atoms with van der Waals surface area (Å²) in [7, 11) is 0. The number of nitrogens with zero attached hydrogens (tertiary/aromatic N) is 5. The molecule has 0 bridgehead atoms. The molecule has 0 atom stereocenters. The van der Waals surface area contributed by atoms with Crippen molar-refractivity contribution in [3.63, 3.8) is 0 Å². The van der Waals surface area contributed by atoms with Gasteiger partial charge in [0.25, 0.3) is 11.5 Å². The minimum absolute atomic E-state index is 0.173. The number of aromatic nitrogens is 6. The van der Waals surface area contributed by atoms with Crippen LogP contribution >= 0.6 is 22.6 Å². The molecule has 32 heavy (non-hydrogen) atoms. The van der Waals surface area contributed by atoms with E-state index in [1.807, 2.05) is 42.5 Å². The molecule has 0 saturated carbocycles. The first-order valence-corrected chi connectivity index (χ1v) is 10.8. The van der Waals surface area contributed by atoms with Gasteiger partial charge in [0.05, 0.1) is 23.1 Å². The Balaban J connectivity index is 1.60. The molecule has 1 amide bonds. The van der Waals surface area contributed by atoms with E-state index >= 15 is 0 Å². The fraction of sp³-hybridized carbons (Fsp3) is 0.0455. The number of amides is 1. The van der Waals surface area contributed by atoms with Gasteiger partial charge in [0.2, 0.25) is 5.95 Å². The van der Waals surface area contributed by atoms with Crippen molar-refractivity contribution < 1.29 is 4.79 Å². The number of aryl methyl sites for hydroxylation is 1. The number of benzene rings is 2. The largest absolute Gasteiger partial charge is 0.306 e. The van der Waals surface area contributed by atoms with Crippen molar-refractivity contribution in [2.45, 2.75) is 6.92 Å². The van der Waals surface area contributed by atoms with Gasteiger partial charge in [0.15, 0.2) is 5.65 Å². The van der Waals surface area contributed by atoms with E-state index in [1.54, 1.807) is 29.8 Å². The Morgan fingerprint density at radius 2 is 1.81 bits per heavy atom. The van der Waals surface area contributed by atoms with Gasteiger partial charge in [-0.3, -0.25) is 14.6 Å². The van der Waals surface area contributed by atoms with E-state index in [9.17, 15) is 9.59 Å². The average molecular weight is 537 g/mol. The number of hydrogen-bond acceptors (Lipinski definition) is 5. The molecule has 10 heteroatoms. The molecule has 0 aliphatic heterocycles. The summed E-state index contributed by atoms with van der Waals surface area (Å²) in [5.41, 5.74) is 2.00. The smallest absolute Gasteiger partial charge is 0.263 e. The van der Waals surface area contributed by atoms with Crippen molar-refractivity contribution in [3.05, 3.63) is 92.0 Å². The lowest BCUT2D eigenvalue weighted by Crippen LogP contribution is -2.19. The van der Waals surface area contributed by atoms with Gasteiger partial charge >= 0.3 is 0 Å². The summed E-state index contributed by atoms with van der Waals surface area (Å²) in [5.74, 6) is 0.278. The van der Waals surface area contributed by atoms with E-state index in [0.29, 0.717) is 28.1 Å². The van der Waals surface area contributed by atoms with Gasteiger partial charge in [-0.05, 0) is 53.8 Å². The van der Waals surface area contributed by atoms with Crippen LogP contribution < -0.4 is 10.9 Å². The Labute approximate surface area is 195 Å². The fourth-order valence-electron chi connectivity index (χ4n) is 3.34. The third-order valence-corrected chi connectivity index (χ3v) is 5.76. The van der Waals surface area contributed by atoms with Crippen molar-refractivity contribution in [1.82, 2.24) is 29.5 Å². The van der Waals surface area contributed by atoms with Gasteiger partial charge in [-0.25, -0.2) is 4.68 Å². The summed E-state index contributed by atoms with van der Waals surface area (Å²) in [6, 6.07) is 18.4. The number of rotatable bonds is 4. The fourth-order valence-corrected chi connectivity index (χ4v) is 3.98. The van der Waals surface area contributed by atoms with E-state index in [4.69, 9.17) is 0 Å². The number of hydrogen-bond donors (Lipinski definition) is 2. The molecule has 0 aliphatic carbocycles. The molecule has 0 spiro atoms. The van der Waals surface area contributed by atoms with Gasteiger partial charge in [-0.1, -0.05) is 30.3 Å². The maximum Gasteiger partial charge on any atom is 0.263 e. The molecule has 2 N–H and O–H groups in total. The Bertz CT molecular complexity index is 1520. The van der Waals surface area contributed by atoms with E-state index in [-0.39, 0.29) is 17.4 Å². The topological polar surface area (TPSA) is 110 Å². The predicted octanol–water partition coefficient (Wildman–Crippen LogP) is 3.46. The number of halogens is 1. The van der Waals surface area contributed by atoms with Crippen molar-refractivity contribution in [2.75, 3.05) is 5.32 Å². The van der Waals surface area contributed by atoms with Crippen LogP contribution in [0, 0.1) is 10.5 Å². The molecule has 3 heterocycles. The molecule has 5 aromatic rings. The Morgan fingerprint density at radius 1 is 1.06 bits per heavy atom. The number of nitrogens with one attached hydrogen (secondary N) is 2. The van der Waals surface area contributed by atoms with E-state index < -0.39 is 0 Å². The van der Waals surface area contributed by atoms with Gasteiger partial charge in [0.1, 0.15) is 11.2 Å². The van der Waals surface area contributed by atoms with Crippen LogP contribution in [-0.4, -0.2) is 35.4 Å². The summed E-state index contributed by atoms with van der Waals surface area (Å²) in [5, 5.41) is 12.0. The zero-order valence-corrected chi connectivity index (χ0v) is 18.9. The average Bonchev–Trinajstić information content (AvgIpc) is 3.38. The van der Waals surface area contributed by atoms with Crippen LogP contribution in [0.2, 0.25) is 0 Å². The molecule has 0 fully saturated rings. The lowest BCUT2D eigenvalue weighted by Gasteiger charge is -2.09. The maximum absolute atomic E-state index is 12.8. The first kappa shape index (κ1) is 20.1. The molecule has 9 nitrogen and oxygen atoms in total. The van der Waals surface area contributed by atoms with Crippen molar-refractivity contribution in [3.8, 4) is 11.6 Å². The minimum atomic E-state index is -0.352. The van der Waals surface area contributed by atoms with Crippen molar-refractivity contribution >= 4 is 45.3 Å². The number of H-pyrrole nitrogens is 1. The van der Waals surface area contributed by atoms with Crippen LogP contribution in [0.25, 0.3) is 22.7 Å². The van der Waals surface area contributed by atoms with Crippen molar-refractivity contribution in [1.29, 1.82) is 0 Å². The van der Waals surface area contributed by atoms with Crippen LogP contribution in [0.4, 0.5) is 5.82 Å². The number of aromatic amines is 1. The third-order valence-electron chi connectivity index (χ3n) is 4.82. The highest BCUT2D eigenvalue weighted by molar-refractivity contribution is 14.1. The van der Waals surface area contributed by atoms with Crippen LogP contribution in [-0.2, 0) is 0 Å². The van der Waals surface area contributed by atoms with Crippen LogP contribution in [0.3, 0.4) is 0 Å². The summed E-state index contributed by atoms with van der Waals surface area (Å²) < 4.78 is 3.83. The highest BCUT2D eigenvalue weighted by Gasteiger charge is 2.18. The van der Waals surface area contributed by atoms with Gasteiger partial charge < -0.3 is 5.32 Å². The first-order valence-electron chi connectivity index (χ1n) is 9.67. The van der Waals surface area contributed by atoms with E-state index in [2.05, 4.69) is 48.1 Å². The highest BCUT2D eigenvalue weighted by Crippen LogP contribution is 2.19. The second kappa shape index (κ2) is 8.04. The quantitative estimate of drug-likeness (QED) is 0.342. The van der Waals surface area contributed by atoms with Gasteiger partial charge in [-0.2, -0.15) is 19.9 Å². The molecule has 0 saturated heterocycles. The SMILES string of the molecule is Cc1cc(NC(=O)c2ccccc2I)n(-c2nc3c(cnn3-c3ccccc3)c(=O)[nH]2)n1. The number of fused-ring (bicyclic) bond motifs is 1. The molecule has 2 aromatic carbocycles. The Hall–Kier alpha value is -3.80. The lowest BCUT2D eigenvalue weighted by molar-refractivity contribution is 0.102. The summed E-state index contributed by atoms with van der Waals surface area (Å²) in [6.45, 7) is 1.79. The monoisotopic (exact) mass is 537 g/mol. The molecule has 5 rings (SSSR count). The number of para-hydroxylation sites is 1. The number of carbonyl (C=O) groups is 1. The van der Waals surface area contributed by atoms with Crippen LogP contribution in [0.5, 0.6) is 0 Å². The first-order chi connectivity index (χ1) is 15.5. The Kier molecular flexibility index (Phi) is 5.05. The maximum atomic E-state index is 12.8. The second-order valence-electron chi connectivity index (χ2n) is 7.04. The standard InChI is InChI=1S/C22H16IN7O2/c1-13-11-18(25-20(31)15-9-5-6-10-17(15)23)30(28-13)22-26-19-16(21(32)27-22)12-24-29(19)14-7-3-2-4-8-14/h2-12H,1H3,(H,25,31)(H,26,27,32). The molecular formula is C22H16IN7O2. The number of anilines is 1. The minimum Gasteiger partial charge on any atom is -0.306 e. The predicted molar refractivity (Wildman–Crippen MR) is 128 cm³/mol. The van der Waals surface area contributed by atoms with Crippen molar-refractivity contribution in [2.24, 2.45) is 0 Å². The molecular weight excluding hydrogens is 521 g/mol.